The summed E-state index contributed by atoms with van der Waals surface area (Å²) in [5, 5.41) is 8.22. The minimum Gasteiger partial charge on any atom is -0.357 e. The smallest absolute Gasteiger partial charge is 0.194 e. The molecule has 25 heavy (non-hydrogen) atoms. The Kier molecular flexibility index (Phi) is 5.70. The Morgan fingerprint density at radius 3 is 2.56 bits per heavy atom. The van der Waals surface area contributed by atoms with E-state index >= 15 is 0 Å². The normalized spacial score (nSPS) is 20.0. The second kappa shape index (κ2) is 7.79. The minimum atomic E-state index is 0.577. The van der Waals surface area contributed by atoms with Crippen LogP contribution in [0.5, 0.6) is 0 Å². The molecule has 0 amide bonds. The van der Waals surface area contributed by atoms with Gasteiger partial charge in [0.1, 0.15) is 0 Å². The van der Waals surface area contributed by atoms with Crippen LogP contribution in [0.2, 0.25) is 0 Å². The molecule has 0 unspecified atom stereocenters. The SMILES string of the molecule is CCNC(=NCc1c(CC)nn(C)c1CC)N1CCC2(CCCC2)C1. The lowest BCUT2D eigenvalue weighted by molar-refractivity contribution is 0.309. The number of likely N-dealkylation sites (tertiary alicyclic amines) is 1. The first-order valence-electron chi connectivity index (χ1n) is 10.2. The molecule has 140 valence electrons. The van der Waals surface area contributed by atoms with Crippen molar-refractivity contribution in [3.8, 4) is 0 Å². The van der Waals surface area contributed by atoms with Crippen molar-refractivity contribution in [3.05, 3.63) is 17.0 Å². The molecule has 0 bridgehead atoms. The Balaban J connectivity index is 1.77. The monoisotopic (exact) mass is 345 g/mol. The van der Waals surface area contributed by atoms with Crippen LogP contribution < -0.4 is 5.32 Å². The van der Waals surface area contributed by atoms with E-state index in [1.54, 1.807) is 0 Å². The predicted octanol–water partition coefficient (Wildman–Crippen LogP) is 3.28. The Bertz CT molecular complexity index is 610. The van der Waals surface area contributed by atoms with Gasteiger partial charge in [0, 0.05) is 37.9 Å². The van der Waals surface area contributed by atoms with Crippen LogP contribution in [0.4, 0.5) is 0 Å². The number of rotatable bonds is 5. The van der Waals surface area contributed by atoms with Gasteiger partial charge in [-0.05, 0) is 44.4 Å². The molecule has 1 saturated carbocycles. The van der Waals surface area contributed by atoms with Crippen LogP contribution >= 0.6 is 0 Å². The molecule has 1 N–H and O–H groups in total. The highest BCUT2D eigenvalue weighted by atomic mass is 15.3. The number of hydrogen-bond acceptors (Lipinski definition) is 2. The van der Waals surface area contributed by atoms with Crippen molar-refractivity contribution in [1.29, 1.82) is 0 Å². The molecule has 1 aliphatic carbocycles. The average Bonchev–Trinajstić information content (AvgIpc) is 3.32. The van der Waals surface area contributed by atoms with Gasteiger partial charge in [0.2, 0.25) is 0 Å². The molecule has 5 heteroatoms. The number of aliphatic imine (C=N–C) groups is 1. The molecule has 5 nitrogen and oxygen atoms in total. The zero-order chi connectivity index (χ0) is 17.9. The summed E-state index contributed by atoms with van der Waals surface area (Å²) < 4.78 is 2.04. The van der Waals surface area contributed by atoms with Gasteiger partial charge in [0.05, 0.1) is 12.2 Å². The van der Waals surface area contributed by atoms with Gasteiger partial charge in [-0.3, -0.25) is 4.68 Å². The van der Waals surface area contributed by atoms with Gasteiger partial charge in [0.25, 0.3) is 0 Å². The van der Waals surface area contributed by atoms with E-state index in [-0.39, 0.29) is 0 Å². The highest BCUT2D eigenvalue weighted by molar-refractivity contribution is 5.80. The third-order valence-corrected chi connectivity index (χ3v) is 6.15. The predicted molar refractivity (Wildman–Crippen MR) is 104 cm³/mol. The molecule has 1 spiro atoms. The van der Waals surface area contributed by atoms with Gasteiger partial charge in [0.15, 0.2) is 5.96 Å². The summed E-state index contributed by atoms with van der Waals surface area (Å²) in [7, 11) is 2.06. The van der Waals surface area contributed by atoms with Crippen molar-refractivity contribution in [2.75, 3.05) is 19.6 Å². The van der Waals surface area contributed by atoms with Crippen LogP contribution in [-0.4, -0.2) is 40.3 Å². The number of guanidine groups is 1. The van der Waals surface area contributed by atoms with E-state index in [0.717, 1.165) is 38.4 Å². The van der Waals surface area contributed by atoms with E-state index in [1.807, 2.05) is 4.68 Å². The molecule has 1 aliphatic heterocycles. The fraction of sp³-hybridized carbons (Fsp3) is 0.800. The van der Waals surface area contributed by atoms with Crippen LogP contribution in [-0.2, 0) is 26.4 Å². The first-order chi connectivity index (χ1) is 12.1. The van der Waals surface area contributed by atoms with Crippen molar-refractivity contribution in [3.63, 3.8) is 0 Å². The second-order valence-electron chi connectivity index (χ2n) is 7.75. The molecular weight excluding hydrogens is 310 g/mol. The van der Waals surface area contributed by atoms with Crippen molar-refractivity contribution in [1.82, 2.24) is 20.0 Å². The van der Waals surface area contributed by atoms with Crippen LogP contribution in [0.25, 0.3) is 0 Å². The third kappa shape index (κ3) is 3.70. The molecule has 1 aromatic rings. The molecule has 2 heterocycles. The summed E-state index contributed by atoms with van der Waals surface area (Å²) in [4.78, 5) is 7.53. The lowest BCUT2D eigenvalue weighted by Crippen LogP contribution is -2.41. The number of nitrogens with one attached hydrogen (secondary N) is 1. The van der Waals surface area contributed by atoms with E-state index in [1.165, 1.54) is 55.6 Å². The first-order valence-corrected chi connectivity index (χ1v) is 10.2. The fourth-order valence-corrected chi connectivity index (χ4v) is 4.80. The molecule has 1 aromatic heterocycles. The number of nitrogens with zero attached hydrogens (tertiary/aromatic N) is 4. The molecule has 0 atom stereocenters. The maximum Gasteiger partial charge on any atom is 0.194 e. The highest BCUT2D eigenvalue weighted by Crippen LogP contribution is 2.45. The fourth-order valence-electron chi connectivity index (χ4n) is 4.80. The first kappa shape index (κ1) is 18.3. The van der Waals surface area contributed by atoms with Crippen LogP contribution in [0.15, 0.2) is 4.99 Å². The van der Waals surface area contributed by atoms with Crippen LogP contribution in [0, 0.1) is 5.41 Å². The number of hydrogen-bond donors (Lipinski definition) is 1. The molecule has 0 aromatic carbocycles. The highest BCUT2D eigenvalue weighted by Gasteiger charge is 2.41. The summed E-state index contributed by atoms with van der Waals surface area (Å²) in [5.41, 5.74) is 4.43. The Labute approximate surface area is 152 Å². The Morgan fingerprint density at radius 2 is 1.92 bits per heavy atom. The van der Waals surface area contributed by atoms with Gasteiger partial charge >= 0.3 is 0 Å². The molecule has 2 fully saturated rings. The minimum absolute atomic E-state index is 0.577. The van der Waals surface area contributed by atoms with Gasteiger partial charge in [-0.15, -0.1) is 0 Å². The van der Waals surface area contributed by atoms with E-state index in [2.05, 4.69) is 38.0 Å². The Hall–Kier alpha value is -1.52. The van der Waals surface area contributed by atoms with Crippen LogP contribution in [0.3, 0.4) is 0 Å². The van der Waals surface area contributed by atoms with E-state index in [9.17, 15) is 0 Å². The Morgan fingerprint density at radius 1 is 1.16 bits per heavy atom. The maximum absolute atomic E-state index is 5.03. The second-order valence-corrected chi connectivity index (χ2v) is 7.75. The van der Waals surface area contributed by atoms with Crippen molar-refractivity contribution in [2.24, 2.45) is 17.5 Å². The quantitative estimate of drug-likeness (QED) is 0.658. The summed E-state index contributed by atoms with van der Waals surface area (Å²) in [6.45, 7) is 10.6. The van der Waals surface area contributed by atoms with Crippen LogP contribution in [0.1, 0.15) is 69.8 Å². The number of aryl methyl sites for hydroxylation is 2. The number of aromatic nitrogens is 2. The topological polar surface area (TPSA) is 45.5 Å². The van der Waals surface area contributed by atoms with Gasteiger partial charge in [-0.1, -0.05) is 26.7 Å². The lowest BCUT2D eigenvalue weighted by atomic mass is 9.86. The van der Waals surface area contributed by atoms with Crippen molar-refractivity contribution >= 4 is 5.96 Å². The van der Waals surface area contributed by atoms with Gasteiger partial charge in [-0.2, -0.15) is 5.10 Å². The summed E-state index contributed by atoms with van der Waals surface area (Å²) >= 11 is 0. The lowest BCUT2D eigenvalue weighted by Gasteiger charge is -2.26. The van der Waals surface area contributed by atoms with E-state index < -0.39 is 0 Å². The van der Waals surface area contributed by atoms with Crippen molar-refractivity contribution in [2.45, 2.75) is 72.3 Å². The van der Waals surface area contributed by atoms with E-state index in [0.29, 0.717) is 5.41 Å². The average molecular weight is 346 g/mol. The van der Waals surface area contributed by atoms with Crippen molar-refractivity contribution < 1.29 is 0 Å². The molecule has 2 aliphatic rings. The molecule has 0 radical (unpaired) electrons. The van der Waals surface area contributed by atoms with Gasteiger partial charge < -0.3 is 10.2 Å². The molecule has 3 rings (SSSR count). The zero-order valence-corrected chi connectivity index (χ0v) is 16.6. The van der Waals surface area contributed by atoms with E-state index in [4.69, 9.17) is 10.1 Å². The third-order valence-electron chi connectivity index (χ3n) is 6.15. The maximum atomic E-state index is 5.03. The van der Waals surface area contributed by atoms with Gasteiger partial charge in [-0.25, -0.2) is 4.99 Å². The largest absolute Gasteiger partial charge is 0.357 e. The summed E-state index contributed by atoms with van der Waals surface area (Å²) in [5.74, 6) is 1.10. The molecular formula is C20H35N5. The molecule has 1 saturated heterocycles. The standard InChI is InChI=1S/C20H35N5/c1-5-17-16(18(6-2)24(4)23-17)14-22-19(21-7-3)25-13-12-20(15-25)10-8-9-11-20/h5-15H2,1-4H3,(H,21,22). The zero-order valence-electron chi connectivity index (χ0n) is 16.6. The summed E-state index contributed by atoms with van der Waals surface area (Å²) in [6, 6.07) is 0. The summed E-state index contributed by atoms with van der Waals surface area (Å²) in [6.07, 6.45) is 8.97.